The normalized spacial score (nSPS) is 9.31. The van der Waals surface area contributed by atoms with Crippen molar-refractivity contribution in [2.75, 3.05) is 6.54 Å². The van der Waals surface area contributed by atoms with E-state index < -0.39 is 0 Å². The van der Waals surface area contributed by atoms with Crippen molar-refractivity contribution in [2.24, 2.45) is 5.73 Å². The first-order chi connectivity index (χ1) is 7.90. The number of pyridine rings is 1. The van der Waals surface area contributed by atoms with Crippen molar-refractivity contribution in [3.05, 3.63) is 54.2 Å². The number of rotatable bonds is 1. The summed E-state index contributed by atoms with van der Waals surface area (Å²) in [5.74, 6) is 5.81. The lowest BCUT2D eigenvalue weighted by atomic mass is 10.1. The van der Waals surface area contributed by atoms with E-state index in [9.17, 15) is 0 Å². The average Bonchev–Trinajstić information content (AvgIpc) is 2.38. The Morgan fingerprint density at radius 3 is 2.50 bits per heavy atom. The first-order valence-electron chi connectivity index (χ1n) is 5.10. The van der Waals surface area contributed by atoms with Crippen LogP contribution in [-0.2, 0) is 0 Å². The van der Waals surface area contributed by atoms with Gasteiger partial charge in [0.1, 0.15) is 0 Å². The summed E-state index contributed by atoms with van der Waals surface area (Å²) in [6, 6.07) is 13.9. The van der Waals surface area contributed by atoms with Crippen LogP contribution in [0.25, 0.3) is 11.3 Å². The van der Waals surface area contributed by atoms with Crippen molar-refractivity contribution in [2.45, 2.75) is 0 Å². The van der Waals surface area contributed by atoms with Gasteiger partial charge in [-0.25, -0.2) is 0 Å². The molecule has 0 saturated carbocycles. The summed E-state index contributed by atoms with van der Waals surface area (Å²) in [7, 11) is 0. The van der Waals surface area contributed by atoms with Crippen LogP contribution >= 0.6 is 0 Å². The molecule has 0 fully saturated rings. The van der Waals surface area contributed by atoms with Gasteiger partial charge in [0.15, 0.2) is 0 Å². The number of hydrogen-bond donors (Lipinski definition) is 1. The molecule has 1 aromatic carbocycles. The Morgan fingerprint density at radius 1 is 1.06 bits per heavy atom. The Labute approximate surface area is 95.1 Å². The molecule has 0 aliphatic rings. The Morgan fingerprint density at radius 2 is 1.88 bits per heavy atom. The standard InChI is InChI=1S/C14H12N2/c15-10-3-4-12-6-8-13(9-7-12)14-5-1-2-11-16-14/h1-2,5-9,11H,10,15H2. The van der Waals surface area contributed by atoms with Crippen LogP contribution in [0.4, 0.5) is 0 Å². The van der Waals surface area contributed by atoms with E-state index in [1.165, 1.54) is 0 Å². The molecule has 2 aromatic rings. The summed E-state index contributed by atoms with van der Waals surface area (Å²) in [6.45, 7) is 0.391. The maximum Gasteiger partial charge on any atom is 0.0701 e. The topological polar surface area (TPSA) is 38.9 Å². The summed E-state index contributed by atoms with van der Waals surface area (Å²) < 4.78 is 0. The Kier molecular flexibility index (Phi) is 3.32. The molecule has 1 aromatic heterocycles. The third kappa shape index (κ3) is 2.47. The van der Waals surface area contributed by atoms with Crippen LogP contribution in [0.3, 0.4) is 0 Å². The minimum Gasteiger partial charge on any atom is -0.320 e. The molecular formula is C14H12N2. The Balaban J connectivity index is 2.26. The quantitative estimate of drug-likeness (QED) is 0.728. The van der Waals surface area contributed by atoms with E-state index in [-0.39, 0.29) is 0 Å². The molecule has 2 nitrogen and oxygen atoms in total. The first-order valence-corrected chi connectivity index (χ1v) is 5.10. The number of nitrogens with zero attached hydrogens (tertiary/aromatic N) is 1. The fourth-order valence-corrected chi connectivity index (χ4v) is 1.41. The maximum absolute atomic E-state index is 5.31. The van der Waals surface area contributed by atoms with Crippen molar-refractivity contribution < 1.29 is 0 Å². The Bertz CT molecular complexity index is 504. The van der Waals surface area contributed by atoms with Gasteiger partial charge < -0.3 is 5.73 Å². The molecule has 2 N–H and O–H groups in total. The minimum atomic E-state index is 0.391. The lowest BCUT2D eigenvalue weighted by Gasteiger charge is -1.99. The van der Waals surface area contributed by atoms with E-state index in [1.807, 2.05) is 42.5 Å². The highest BCUT2D eigenvalue weighted by Gasteiger charge is 1.96. The molecule has 0 bridgehead atoms. The Hall–Kier alpha value is -2.11. The van der Waals surface area contributed by atoms with Crippen LogP contribution in [-0.4, -0.2) is 11.5 Å². The highest BCUT2D eigenvalue weighted by molar-refractivity contribution is 5.60. The van der Waals surface area contributed by atoms with Gasteiger partial charge in [-0.1, -0.05) is 30.0 Å². The molecule has 78 valence electrons. The first kappa shape index (κ1) is 10.4. The van der Waals surface area contributed by atoms with Crippen LogP contribution in [0.15, 0.2) is 48.7 Å². The van der Waals surface area contributed by atoms with Gasteiger partial charge in [0.25, 0.3) is 0 Å². The fraction of sp³-hybridized carbons (Fsp3) is 0.0714. The van der Waals surface area contributed by atoms with Crippen molar-refractivity contribution >= 4 is 0 Å². The number of benzene rings is 1. The van der Waals surface area contributed by atoms with E-state index in [2.05, 4.69) is 16.8 Å². The molecule has 0 aliphatic heterocycles. The van der Waals surface area contributed by atoms with Gasteiger partial charge in [-0.15, -0.1) is 0 Å². The molecule has 0 radical (unpaired) electrons. The van der Waals surface area contributed by atoms with Gasteiger partial charge in [0.05, 0.1) is 12.2 Å². The molecule has 0 amide bonds. The van der Waals surface area contributed by atoms with Crippen molar-refractivity contribution in [3.63, 3.8) is 0 Å². The minimum absolute atomic E-state index is 0.391. The largest absolute Gasteiger partial charge is 0.320 e. The van der Waals surface area contributed by atoms with Crippen LogP contribution in [0.5, 0.6) is 0 Å². The number of nitrogens with two attached hydrogens (primary N) is 1. The lowest BCUT2D eigenvalue weighted by Crippen LogP contribution is -1.93. The van der Waals surface area contributed by atoms with Crippen molar-refractivity contribution in [1.82, 2.24) is 4.98 Å². The van der Waals surface area contributed by atoms with Gasteiger partial charge in [-0.3, -0.25) is 4.98 Å². The van der Waals surface area contributed by atoms with Gasteiger partial charge in [0, 0.05) is 17.3 Å². The second kappa shape index (κ2) is 5.11. The van der Waals surface area contributed by atoms with Gasteiger partial charge in [-0.05, 0) is 24.3 Å². The average molecular weight is 208 g/mol. The fourth-order valence-electron chi connectivity index (χ4n) is 1.41. The second-order valence-corrected chi connectivity index (χ2v) is 3.30. The van der Waals surface area contributed by atoms with Crippen LogP contribution in [0.1, 0.15) is 5.56 Å². The monoisotopic (exact) mass is 208 g/mol. The second-order valence-electron chi connectivity index (χ2n) is 3.30. The molecular weight excluding hydrogens is 196 g/mol. The molecule has 2 rings (SSSR count). The molecule has 0 spiro atoms. The molecule has 16 heavy (non-hydrogen) atoms. The van der Waals surface area contributed by atoms with Crippen molar-refractivity contribution in [3.8, 4) is 23.1 Å². The van der Waals surface area contributed by atoms with Gasteiger partial charge in [-0.2, -0.15) is 0 Å². The van der Waals surface area contributed by atoms with E-state index in [0.29, 0.717) is 6.54 Å². The zero-order chi connectivity index (χ0) is 11.2. The van der Waals surface area contributed by atoms with E-state index >= 15 is 0 Å². The summed E-state index contributed by atoms with van der Waals surface area (Å²) in [5.41, 5.74) is 8.36. The molecule has 0 unspecified atom stereocenters. The molecule has 0 saturated heterocycles. The molecule has 1 heterocycles. The number of aromatic nitrogens is 1. The third-order valence-electron chi connectivity index (χ3n) is 2.18. The highest BCUT2D eigenvalue weighted by Crippen LogP contribution is 2.16. The summed E-state index contributed by atoms with van der Waals surface area (Å²) in [6.07, 6.45) is 1.79. The van der Waals surface area contributed by atoms with E-state index in [4.69, 9.17) is 5.73 Å². The van der Waals surface area contributed by atoms with E-state index in [1.54, 1.807) is 6.20 Å². The van der Waals surface area contributed by atoms with Gasteiger partial charge in [0.2, 0.25) is 0 Å². The van der Waals surface area contributed by atoms with Crippen LogP contribution in [0, 0.1) is 11.8 Å². The zero-order valence-corrected chi connectivity index (χ0v) is 8.85. The maximum atomic E-state index is 5.31. The summed E-state index contributed by atoms with van der Waals surface area (Å²) >= 11 is 0. The van der Waals surface area contributed by atoms with Crippen LogP contribution < -0.4 is 5.73 Å². The molecule has 0 atom stereocenters. The smallest absolute Gasteiger partial charge is 0.0701 e. The predicted octanol–water partition coefficient (Wildman–Crippen LogP) is 2.06. The predicted molar refractivity (Wildman–Crippen MR) is 65.6 cm³/mol. The SMILES string of the molecule is NCC#Cc1ccc(-c2ccccn2)cc1. The summed E-state index contributed by atoms with van der Waals surface area (Å²) in [5, 5.41) is 0. The third-order valence-corrected chi connectivity index (χ3v) is 2.18. The number of hydrogen-bond acceptors (Lipinski definition) is 2. The molecule has 0 aliphatic carbocycles. The van der Waals surface area contributed by atoms with Crippen molar-refractivity contribution in [1.29, 1.82) is 0 Å². The summed E-state index contributed by atoms with van der Waals surface area (Å²) in [4.78, 5) is 4.28. The van der Waals surface area contributed by atoms with E-state index in [0.717, 1.165) is 16.8 Å². The van der Waals surface area contributed by atoms with Crippen LogP contribution in [0.2, 0.25) is 0 Å². The molecule has 2 heteroatoms. The lowest BCUT2D eigenvalue weighted by molar-refractivity contribution is 1.30. The van der Waals surface area contributed by atoms with Gasteiger partial charge >= 0.3 is 0 Å². The highest BCUT2D eigenvalue weighted by atomic mass is 14.7. The zero-order valence-electron chi connectivity index (χ0n) is 8.85.